The molecule has 0 atom stereocenters. The lowest BCUT2D eigenvalue weighted by Gasteiger charge is -2.13. The van der Waals surface area contributed by atoms with E-state index in [-0.39, 0.29) is 5.76 Å². The summed E-state index contributed by atoms with van der Waals surface area (Å²) < 4.78 is 22.3. The molecule has 152 valence electrons. The summed E-state index contributed by atoms with van der Waals surface area (Å²) in [6.07, 6.45) is 3.39. The number of nitrogens with one attached hydrogen (secondary N) is 2. The molecule has 2 heterocycles. The van der Waals surface area contributed by atoms with Crippen LogP contribution in [0.5, 0.6) is 11.5 Å². The zero-order chi connectivity index (χ0) is 20.8. The summed E-state index contributed by atoms with van der Waals surface area (Å²) in [4.78, 5) is 11.5. The van der Waals surface area contributed by atoms with E-state index in [0.29, 0.717) is 40.3 Å². The molecule has 2 N–H and O–H groups in total. The quantitative estimate of drug-likeness (QED) is 0.444. The molecule has 0 saturated heterocycles. The first-order chi connectivity index (χ1) is 14.0. The summed E-state index contributed by atoms with van der Waals surface area (Å²) in [5, 5.41) is 10.7. The summed E-state index contributed by atoms with van der Waals surface area (Å²) >= 11 is 5.36. The maximum atomic E-state index is 11.5. The number of hydrogen-bond donors (Lipinski definition) is 2. The SMILES string of the molecule is COC(=O)c1ccc(Cn2cc(NC(=S)Nc3cc(OC)ccc3OC)cn2)o1. The molecule has 0 saturated carbocycles. The molecule has 2 aromatic heterocycles. The van der Waals surface area contributed by atoms with Gasteiger partial charge in [-0.1, -0.05) is 0 Å². The topological polar surface area (TPSA) is 99.8 Å². The van der Waals surface area contributed by atoms with Crippen molar-refractivity contribution in [1.29, 1.82) is 0 Å². The minimum Gasteiger partial charge on any atom is -0.497 e. The summed E-state index contributed by atoms with van der Waals surface area (Å²) in [6.45, 7) is 0.350. The van der Waals surface area contributed by atoms with Gasteiger partial charge in [0.25, 0.3) is 0 Å². The predicted octanol–water partition coefficient (Wildman–Crippen LogP) is 3.14. The van der Waals surface area contributed by atoms with Crippen LogP contribution in [-0.2, 0) is 11.3 Å². The van der Waals surface area contributed by atoms with Crippen molar-refractivity contribution in [2.24, 2.45) is 0 Å². The van der Waals surface area contributed by atoms with Crippen molar-refractivity contribution in [3.8, 4) is 11.5 Å². The molecule has 10 heteroatoms. The molecule has 0 spiro atoms. The first-order valence-electron chi connectivity index (χ1n) is 8.52. The number of ether oxygens (including phenoxy) is 3. The van der Waals surface area contributed by atoms with E-state index in [1.807, 2.05) is 0 Å². The molecule has 0 unspecified atom stereocenters. The maximum absolute atomic E-state index is 11.5. The van der Waals surface area contributed by atoms with Gasteiger partial charge in [-0.25, -0.2) is 4.79 Å². The number of esters is 1. The number of carbonyl (C=O) groups is 1. The highest BCUT2D eigenvalue weighted by Gasteiger charge is 2.12. The Morgan fingerprint density at radius 1 is 1.17 bits per heavy atom. The van der Waals surface area contributed by atoms with Crippen molar-refractivity contribution in [3.63, 3.8) is 0 Å². The fourth-order valence-electron chi connectivity index (χ4n) is 2.54. The Kier molecular flexibility index (Phi) is 6.35. The van der Waals surface area contributed by atoms with Gasteiger partial charge in [0.05, 0.1) is 45.4 Å². The first kappa shape index (κ1) is 20.2. The van der Waals surface area contributed by atoms with Gasteiger partial charge >= 0.3 is 5.97 Å². The molecule has 0 amide bonds. The Balaban J connectivity index is 1.62. The molecule has 0 aliphatic rings. The van der Waals surface area contributed by atoms with E-state index in [0.717, 1.165) is 0 Å². The third kappa shape index (κ3) is 5.05. The van der Waals surface area contributed by atoms with Crippen LogP contribution in [0.3, 0.4) is 0 Å². The van der Waals surface area contributed by atoms with Gasteiger partial charge in [-0.2, -0.15) is 5.10 Å². The molecule has 9 nitrogen and oxygen atoms in total. The van der Waals surface area contributed by atoms with E-state index >= 15 is 0 Å². The number of nitrogens with zero attached hydrogens (tertiary/aromatic N) is 2. The van der Waals surface area contributed by atoms with Gasteiger partial charge in [0.1, 0.15) is 17.3 Å². The highest BCUT2D eigenvalue weighted by Crippen LogP contribution is 2.29. The Morgan fingerprint density at radius 3 is 2.72 bits per heavy atom. The zero-order valence-corrected chi connectivity index (χ0v) is 16.9. The second-order valence-electron chi connectivity index (χ2n) is 5.83. The Bertz CT molecular complexity index is 1010. The molecule has 3 rings (SSSR count). The average Bonchev–Trinajstić information content (AvgIpc) is 3.37. The largest absolute Gasteiger partial charge is 0.497 e. The van der Waals surface area contributed by atoms with Gasteiger partial charge in [0.2, 0.25) is 5.76 Å². The number of furan rings is 1. The summed E-state index contributed by atoms with van der Waals surface area (Å²) in [5.41, 5.74) is 1.35. The van der Waals surface area contributed by atoms with Crippen LogP contribution in [0.25, 0.3) is 0 Å². The molecule has 0 radical (unpaired) electrons. The second kappa shape index (κ2) is 9.11. The first-order valence-corrected chi connectivity index (χ1v) is 8.92. The van der Waals surface area contributed by atoms with Crippen LogP contribution in [0.1, 0.15) is 16.3 Å². The van der Waals surface area contributed by atoms with Crippen LogP contribution in [-0.4, -0.2) is 42.2 Å². The van der Waals surface area contributed by atoms with Gasteiger partial charge in [-0.15, -0.1) is 0 Å². The van der Waals surface area contributed by atoms with E-state index in [1.165, 1.54) is 7.11 Å². The smallest absolute Gasteiger partial charge is 0.373 e. The molecule has 0 aliphatic heterocycles. The van der Waals surface area contributed by atoms with Crippen LogP contribution in [0.4, 0.5) is 11.4 Å². The highest BCUT2D eigenvalue weighted by molar-refractivity contribution is 7.80. The van der Waals surface area contributed by atoms with Crippen molar-refractivity contribution in [2.45, 2.75) is 6.54 Å². The van der Waals surface area contributed by atoms with Gasteiger partial charge < -0.3 is 29.3 Å². The molecular formula is C19H20N4O5S. The fraction of sp³-hybridized carbons (Fsp3) is 0.211. The number of anilines is 2. The van der Waals surface area contributed by atoms with E-state index < -0.39 is 5.97 Å². The minimum atomic E-state index is -0.525. The Labute approximate surface area is 172 Å². The number of carbonyl (C=O) groups excluding carboxylic acids is 1. The van der Waals surface area contributed by atoms with Crippen LogP contribution >= 0.6 is 12.2 Å². The van der Waals surface area contributed by atoms with Gasteiger partial charge in [-0.3, -0.25) is 4.68 Å². The van der Waals surface area contributed by atoms with Crippen LogP contribution in [0.2, 0.25) is 0 Å². The lowest BCUT2D eigenvalue weighted by atomic mass is 10.2. The van der Waals surface area contributed by atoms with Crippen molar-refractivity contribution in [3.05, 3.63) is 54.2 Å². The van der Waals surface area contributed by atoms with E-state index in [1.54, 1.807) is 61.6 Å². The van der Waals surface area contributed by atoms with Crippen molar-refractivity contribution in [1.82, 2.24) is 9.78 Å². The van der Waals surface area contributed by atoms with E-state index in [2.05, 4.69) is 20.5 Å². The lowest BCUT2D eigenvalue weighted by molar-refractivity contribution is 0.0562. The van der Waals surface area contributed by atoms with Crippen molar-refractivity contribution >= 4 is 34.7 Å². The monoisotopic (exact) mass is 416 g/mol. The summed E-state index contributed by atoms with van der Waals surface area (Å²) in [5.74, 6) is 1.49. The normalized spacial score (nSPS) is 10.3. The van der Waals surface area contributed by atoms with Crippen molar-refractivity contribution < 1.29 is 23.4 Å². The molecule has 0 aliphatic carbocycles. The third-order valence-electron chi connectivity index (χ3n) is 3.91. The Morgan fingerprint density at radius 2 is 2.00 bits per heavy atom. The number of methoxy groups -OCH3 is 3. The minimum absolute atomic E-state index is 0.144. The molecule has 1 aromatic carbocycles. The molecule has 29 heavy (non-hydrogen) atoms. The maximum Gasteiger partial charge on any atom is 0.373 e. The number of hydrogen-bond acceptors (Lipinski definition) is 7. The number of rotatable bonds is 7. The number of benzene rings is 1. The molecular weight excluding hydrogens is 396 g/mol. The summed E-state index contributed by atoms with van der Waals surface area (Å²) in [6, 6.07) is 8.62. The average molecular weight is 416 g/mol. The third-order valence-corrected chi connectivity index (χ3v) is 4.12. The van der Waals surface area contributed by atoms with Crippen LogP contribution < -0.4 is 20.1 Å². The molecule has 0 fully saturated rings. The molecule has 0 bridgehead atoms. The zero-order valence-electron chi connectivity index (χ0n) is 16.1. The van der Waals surface area contributed by atoms with Crippen LogP contribution in [0.15, 0.2) is 47.1 Å². The summed E-state index contributed by atoms with van der Waals surface area (Å²) in [7, 11) is 4.46. The number of aromatic nitrogens is 2. The lowest BCUT2D eigenvalue weighted by Crippen LogP contribution is -2.19. The van der Waals surface area contributed by atoms with Crippen molar-refractivity contribution in [2.75, 3.05) is 32.0 Å². The predicted molar refractivity (Wildman–Crippen MR) is 111 cm³/mol. The standard InChI is InChI=1S/C19H20N4O5S/c1-25-13-4-6-16(26-2)15(8-13)22-19(29)21-12-9-20-23(10-12)11-14-5-7-17(28-14)18(24)27-3/h4-10H,11H2,1-3H3,(H2,21,22,29). The highest BCUT2D eigenvalue weighted by atomic mass is 32.1. The van der Waals surface area contributed by atoms with Gasteiger partial charge in [0.15, 0.2) is 5.11 Å². The fourth-order valence-corrected chi connectivity index (χ4v) is 2.77. The number of thiocarbonyl (C=S) groups is 1. The molecule has 3 aromatic rings. The van der Waals surface area contributed by atoms with Gasteiger partial charge in [-0.05, 0) is 36.5 Å². The second-order valence-corrected chi connectivity index (χ2v) is 6.24. The van der Waals surface area contributed by atoms with E-state index in [9.17, 15) is 4.79 Å². The Hall–Kier alpha value is -3.53. The van der Waals surface area contributed by atoms with E-state index in [4.69, 9.17) is 26.1 Å². The van der Waals surface area contributed by atoms with Gasteiger partial charge in [0, 0.05) is 12.3 Å². The van der Waals surface area contributed by atoms with Crippen LogP contribution in [0, 0.1) is 0 Å².